The normalized spacial score (nSPS) is 24.0. The van der Waals surface area contributed by atoms with Crippen molar-refractivity contribution < 1.29 is 14.3 Å². The van der Waals surface area contributed by atoms with E-state index in [2.05, 4.69) is 67.2 Å². The Morgan fingerprint density at radius 3 is 2.00 bits per heavy atom. The van der Waals surface area contributed by atoms with E-state index < -0.39 is 0 Å². The molecule has 2 heterocycles. The quantitative estimate of drug-likeness (QED) is 0.539. The first-order valence-corrected chi connectivity index (χ1v) is 10.5. The second-order valence-corrected chi connectivity index (χ2v) is 10.5. The number of nitrogens with zero attached hydrogens (tertiary/aromatic N) is 1. The number of ether oxygens (including phenoxy) is 2. The van der Waals surface area contributed by atoms with Crippen LogP contribution in [0.15, 0.2) is 18.2 Å². The maximum Gasteiger partial charge on any atom is 0.231 e. The first-order valence-electron chi connectivity index (χ1n) is 10.5. The molecule has 3 rings (SSSR count). The van der Waals surface area contributed by atoms with Gasteiger partial charge in [-0.3, -0.25) is 9.69 Å². The highest BCUT2D eigenvalue weighted by Crippen LogP contribution is 2.64. The van der Waals surface area contributed by atoms with E-state index in [1.54, 1.807) is 0 Å². The SMILES string of the molecule is C.CCCC(C(=O)c1ccc2c(c1)OCO2)N1C(C)(C)C(C)(C)C(C)(C)C1(C)C. The molecule has 0 aliphatic carbocycles. The number of likely N-dealkylation sites (tertiary alicyclic amines) is 1. The molecule has 0 spiro atoms. The molecule has 1 aromatic rings. The Bertz CT molecular complexity index is 750. The van der Waals surface area contributed by atoms with E-state index in [1.807, 2.05) is 18.2 Å². The van der Waals surface area contributed by atoms with Crippen LogP contribution in [0.3, 0.4) is 0 Å². The van der Waals surface area contributed by atoms with Crippen LogP contribution in [0, 0.1) is 10.8 Å². The van der Waals surface area contributed by atoms with E-state index in [0.29, 0.717) is 17.1 Å². The first kappa shape index (κ1) is 23.7. The third-order valence-electron chi connectivity index (χ3n) is 8.66. The van der Waals surface area contributed by atoms with Crippen molar-refractivity contribution >= 4 is 5.78 Å². The summed E-state index contributed by atoms with van der Waals surface area (Å²) in [4.78, 5) is 16.3. The fourth-order valence-electron chi connectivity index (χ4n) is 5.50. The van der Waals surface area contributed by atoms with Gasteiger partial charge in [0.15, 0.2) is 17.3 Å². The molecule has 2 aliphatic rings. The Labute approximate surface area is 178 Å². The Kier molecular flexibility index (Phi) is 5.97. The molecular formula is C25H41NO3. The highest BCUT2D eigenvalue weighted by Gasteiger charge is 2.68. The van der Waals surface area contributed by atoms with Gasteiger partial charge in [0.2, 0.25) is 6.79 Å². The number of ketones is 1. The maximum absolute atomic E-state index is 13.8. The summed E-state index contributed by atoms with van der Waals surface area (Å²) in [5.41, 5.74) is 0.504. The van der Waals surface area contributed by atoms with Crippen molar-refractivity contribution in [1.82, 2.24) is 4.90 Å². The Balaban J connectivity index is 0.00000300. The van der Waals surface area contributed by atoms with Crippen LogP contribution in [0.2, 0.25) is 0 Å². The minimum Gasteiger partial charge on any atom is -0.454 e. The summed E-state index contributed by atoms with van der Waals surface area (Å²) in [6.07, 6.45) is 1.80. The van der Waals surface area contributed by atoms with Gasteiger partial charge in [0, 0.05) is 16.6 Å². The van der Waals surface area contributed by atoms with Gasteiger partial charge in [-0.2, -0.15) is 0 Å². The smallest absolute Gasteiger partial charge is 0.231 e. The van der Waals surface area contributed by atoms with Crippen molar-refractivity contribution in [3.05, 3.63) is 23.8 Å². The minimum atomic E-state index is -0.170. The predicted molar refractivity (Wildman–Crippen MR) is 120 cm³/mol. The number of Topliss-reactive ketones (excluding diaryl/α,β-unsaturated/α-hetero) is 1. The number of fused-ring (bicyclic) bond motifs is 1. The largest absolute Gasteiger partial charge is 0.454 e. The molecular weight excluding hydrogens is 362 g/mol. The van der Waals surface area contributed by atoms with Crippen molar-refractivity contribution in [2.24, 2.45) is 10.8 Å². The van der Waals surface area contributed by atoms with Crippen LogP contribution in [-0.2, 0) is 0 Å². The Morgan fingerprint density at radius 1 is 0.966 bits per heavy atom. The van der Waals surface area contributed by atoms with Crippen molar-refractivity contribution in [3.63, 3.8) is 0 Å². The number of rotatable bonds is 5. The number of hydrogen-bond acceptors (Lipinski definition) is 4. The van der Waals surface area contributed by atoms with Crippen LogP contribution < -0.4 is 9.47 Å². The average molecular weight is 404 g/mol. The zero-order chi connectivity index (χ0) is 21.1. The van der Waals surface area contributed by atoms with Crippen molar-refractivity contribution in [2.75, 3.05) is 6.79 Å². The van der Waals surface area contributed by atoms with Crippen LogP contribution in [-0.4, -0.2) is 34.6 Å². The monoisotopic (exact) mass is 403 g/mol. The lowest BCUT2D eigenvalue weighted by Crippen LogP contribution is -2.59. The van der Waals surface area contributed by atoms with Crippen LogP contribution >= 0.6 is 0 Å². The van der Waals surface area contributed by atoms with Crippen molar-refractivity contribution in [2.45, 2.75) is 99.7 Å². The zero-order valence-corrected chi connectivity index (χ0v) is 19.1. The summed E-state index contributed by atoms with van der Waals surface area (Å²) < 4.78 is 10.9. The number of benzene rings is 1. The minimum absolute atomic E-state index is 0. The molecule has 0 aromatic heterocycles. The molecule has 1 fully saturated rings. The van der Waals surface area contributed by atoms with Crippen LogP contribution in [0.25, 0.3) is 0 Å². The van der Waals surface area contributed by atoms with Crippen LogP contribution in [0.1, 0.15) is 92.9 Å². The van der Waals surface area contributed by atoms with E-state index in [9.17, 15) is 4.79 Å². The molecule has 0 amide bonds. The second kappa shape index (κ2) is 7.30. The Morgan fingerprint density at radius 2 is 1.48 bits per heavy atom. The lowest BCUT2D eigenvalue weighted by molar-refractivity contribution is 0.00193. The van der Waals surface area contributed by atoms with E-state index in [0.717, 1.165) is 12.8 Å². The van der Waals surface area contributed by atoms with E-state index in [1.165, 1.54) is 0 Å². The maximum atomic E-state index is 13.8. The van der Waals surface area contributed by atoms with Gasteiger partial charge in [0.25, 0.3) is 0 Å². The number of carbonyl (C=O) groups is 1. The van der Waals surface area contributed by atoms with Crippen LogP contribution in [0.5, 0.6) is 11.5 Å². The molecule has 0 radical (unpaired) electrons. The summed E-state index contributed by atoms with van der Waals surface area (Å²) in [5.74, 6) is 1.56. The average Bonchev–Trinajstić information content (AvgIpc) is 3.09. The molecule has 4 nitrogen and oxygen atoms in total. The predicted octanol–water partition coefficient (Wildman–Crippen LogP) is 6.33. The Hall–Kier alpha value is -1.55. The summed E-state index contributed by atoms with van der Waals surface area (Å²) in [5, 5.41) is 0. The topological polar surface area (TPSA) is 38.8 Å². The molecule has 1 saturated heterocycles. The van der Waals surface area contributed by atoms with E-state index in [4.69, 9.17) is 9.47 Å². The van der Waals surface area contributed by atoms with Gasteiger partial charge in [-0.15, -0.1) is 0 Å². The van der Waals surface area contributed by atoms with Gasteiger partial charge in [-0.25, -0.2) is 0 Å². The van der Waals surface area contributed by atoms with Gasteiger partial charge in [0.05, 0.1) is 6.04 Å². The third-order valence-corrected chi connectivity index (χ3v) is 8.66. The summed E-state index contributed by atoms with van der Waals surface area (Å²) in [7, 11) is 0. The molecule has 0 bridgehead atoms. The molecule has 2 aliphatic heterocycles. The van der Waals surface area contributed by atoms with Crippen molar-refractivity contribution in [1.29, 1.82) is 0 Å². The molecule has 1 unspecified atom stereocenters. The summed E-state index contributed by atoms with van der Waals surface area (Å²) >= 11 is 0. The summed E-state index contributed by atoms with van der Waals surface area (Å²) in [6.45, 7) is 21.0. The highest BCUT2D eigenvalue weighted by molar-refractivity contribution is 6.00. The van der Waals surface area contributed by atoms with E-state index in [-0.39, 0.29) is 48.0 Å². The molecule has 0 saturated carbocycles. The third kappa shape index (κ3) is 3.10. The molecule has 0 N–H and O–H groups in total. The number of hydrogen-bond donors (Lipinski definition) is 0. The van der Waals surface area contributed by atoms with Gasteiger partial charge in [0.1, 0.15) is 0 Å². The standard InChI is InChI=1S/C24H37NO3.CH4/c1-10-11-17(20(26)16-12-13-18-19(14-16)28-15-27-18)25-23(6,7)21(2,3)22(4,5)24(25,8)9;/h12-14,17H,10-11,15H2,1-9H3;1H4. The van der Waals surface area contributed by atoms with Crippen LogP contribution in [0.4, 0.5) is 0 Å². The fourth-order valence-corrected chi connectivity index (χ4v) is 5.50. The first-order chi connectivity index (χ1) is 12.8. The van der Waals surface area contributed by atoms with Gasteiger partial charge >= 0.3 is 0 Å². The number of carbonyl (C=O) groups excluding carboxylic acids is 1. The van der Waals surface area contributed by atoms with Crippen molar-refractivity contribution in [3.8, 4) is 11.5 Å². The molecule has 4 heteroatoms. The molecule has 1 aromatic carbocycles. The van der Waals surface area contributed by atoms with Gasteiger partial charge in [-0.05, 0) is 63.1 Å². The van der Waals surface area contributed by atoms with E-state index >= 15 is 0 Å². The lowest BCUT2D eigenvalue weighted by atomic mass is 9.57. The lowest BCUT2D eigenvalue weighted by Gasteiger charge is -2.48. The summed E-state index contributed by atoms with van der Waals surface area (Å²) in [6, 6.07) is 5.41. The highest BCUT2D eigenvalue weighted by atomic mass is 16.7. The van der Waals surface area contributed by atoms with Gasteiger partial charge in [-0.1, -0.05) is 48.5 Å². The zero-order valence-electron chi connectivity index (χ0n) is 19.1. The van der Waals surface area contributed by atoms with Gasteiger partial charge < -0.3 is 9.47 Å². The molecule has 29 heavy (non-hydrogen) atoms. The second-order valence-electron chi connectivity index (χ2n) is 10.5. The molecule has 1 atom stereocenters. The fraction of sp³-hybridized carbons (Fsp3) is 0.720. The molecule has 164 valence electrons.